The lowest BCUT2D eigenvalue weighted by molar-refractivity contribution is -0.153. The summed E-state index contributed by atoms with van der Waals surface area (Å²) in [5, 5.41) is 25.7. The average molecular weight is 478 g/mol. The molecule has 7 nitrogen and oxygen atoms in total. The van der Waals surface area contributed by atoms with Gasteiger partial charge in [0.2, 0.25) is 0 Å². The maximum atomic E-state index is 12.6. The molecule has 1 saturated heterocycles. The maximum Gasteiger partial charge on any atom is 0.254 e. The number of thiophene rings is 1. The third kappa shape index (κ3) is 6.10. The Balaban J connectivity index is 1.48. The number of carbonyl (C=O) groups is 2. The molecule has 1 aromatic heterocycles. The van der Waals surface area contributed by atoms with Crippen LogP contribution in [-0.2, 0) is 16.1 Å². The van der Waals surface area contributed by atoms with Crippen LogP contribution in [0.3, 0.4) is 0 Å². The van der Waals surface area contributed by atoms with Gasteiger partial charge in [0, 0.05) is 31.1 Å². The molecule has 9 heteroatoms. The predicted molar refractivity (Wildman–Crippen MR) is 128 cm³/mol. The van der Waals surface area contributed by atoms with Crippen molar-refractivity contribution in [3.8, 4) is 0 Å². The second-order valence-electron chi connectivity index (χ2n) is 7.53. The molecule has 2 aromatic rings. The van der Waals surface area contributed by atoms with Gasteiger partial charge in [-0.2, -0.15) is 0 Å². The molecule has 1 fully saturated rings. The molecule has 32 heavy (non-hydrogen) atoms. The van der Waals surface area contributed by atoms with Gasteiger partial charge < -0.3 is 25.3 Å². The molecule has 0 spiro atoms. The van der Waals surface area contributed by atoms with Gasteiger partial charge in [0.15, 0.2) is 12.2 Å². The quantitative estimate of drug-likeness (QED) is 0.543. The molecule has 2 atom stereocenters. The summed E-state index contributed by atoms with van der Waals surface area (Å²) < 4.78 is 0. The number of aliphatic hydroxyl groups is 2. The highest BCUT2D eigenvalue weighted by Gasteiger charge is 2.34. The van der Waals surface area contributed by atoms with E-state index in [0.717, 1.165) is 22.5 Å². The van der Waals surface area contributed by atoms with Crippen LogP contribution in [0.25, 0.3) is 6.08 Å². The second kappa shape index (κ2) is 11.5. The van der Waals surface area contributed by atoms with Gasteiger partial charge in [-0.25, -0.2) is 0 Å². The first-order valence-electron chi connectivity index (χ1n) is 10.6. The van der Waals surface area contributed by atoms with Crippen LogP contribution < -0.4 is 10.2 Å². The number of para-hydroxylation sites is 1. The Labute approximate surface area is 196 Å². The third-order valence-corrected chi connectivity index (χ3v) is 6.54. The van der Waals surface area contributed by atoms with Gasteiger partial charge in [-0.3, -0.25) is 9.59 Å². The summed E-state index contributed by atoms with van der Waals surface area (Å²) in [5.74, 6) is -1.44. The van der Waals surface area contributed by atoms with E-state index in [-0.39, 0.29) is 6.54 Å². The highest BCUT2D eigenvalue weighted by atomic mass is 35.5. The van der Waals surface area contributed by atoms with Crippen LogP contribution in [0.5, 0.6) is 0 Å². The summed E-state index contributed by atoms with van der Waals surface area (Å²) in [5.41, 5.74) is 1.94. The number of amides is 2. The van der Waals surface area contributed by atoms with Crippen molar-refractivity contribution < 1.29 is 19.8 Å². The van der Waals surface area contributed by atoms with Crippen molar-refractivity contribution in [3.63, 3.8) is 0 Å². The molecule has 1 aliphatic heterocycles. The predicted octanol–water partition coefficient (Wildman–Crippen LogP) is 2.51. The average Bonchev–Trinajstić information content (AvgIpc) is 3.28. The van der Waals surface area contributed by atoms with Crippen LogP contribution in [0.1, 0.15) is 23.8 Å². The van der Waals surface area contributed by atoms with Crippen molar-refractivity contribution in [3.05, 3.63) is 57.3 Å². The van der Waals surface area contributed by atoms with Crippen molar-refractivity contribution in [2.75, 3.05) is 31.1 Å². The monoisotopic (exact) mass is 477 g/mol. The molecule has 1 aliphatic rings. The fourth-order valence-electron chi connectivity index (χ4n) is 3.45. The van der Waals surface area contributed by atoms with E-state index in [1.807, 2.05) is 47.9 Å². The first kappa shape index (κ1) is 24.3. The Kier molecular flexibility index (Phi) is 8.69. The lowest BCUT2D eigenvalue weighted by Gasteiger charge is -2.37. The maximum absolute atomic E-state index is 12.6. The fraction of sp³-hybridized carbons (Fsp3) is 0.391. The number of hydrogen-bond donors (Lipinski definition) is 3. The first-order valence-corrected chi connectivity index (χ1v) is 11.8. The van der Waals surface area contributed by atoms with Crippen molar-refractivity contribution in [2.45, 2.75) is 32.1 Å². The number of benzene rings is 1. The van der Waals surface area contributed by atoms with E-state index in [1.165, 1.54) is 16.2 Å². The summed E-state index contributed by atoms with van der Waals surface area (Å²) in [6, 6.07) is 9.43. The largest absolute Gasteiger partial charge is 0.380 e. The number of anilines is 1. The highest BCUT2D eigenvalue weighted by molar-refractivity contribution is 7.10. The molecule has 0 bridgehead atoms. The van der Waals surface area contributed by atoms with Crippen molar-refractivity contribution in [2.24, 2.45) is 0 Å². The van der Waals surface area contributed by atoms with Crippen LogP contribution in [0, 0.1) is 0 Å². The number of nitrogens with one attached hydrogen (secondary N) is 1. The van der Waals surface area contributed by atoms with Crippen LogP contribution in [0.2, 0.25) is 5.02 Å². The highest BCUT2D eigenvalue weighted by Crippen LogP contribution is 2.26. The Morgan fingerprint density at radius 1 is 1.19 bits per heavy atom. The van der Waals surface area contributed by atoms with Gasteiger partial charge >= 0.3 is 0 Å². The van der Waals surface area contributed by atoms with Gasteiger partial charge in [0.1, 0.15) is 0 Å². The molecule has 3 N–H and O–H groups in total. The van der Waals surface area contributed by atoms with Crippen LogP contribution in [-0.4, -0.2) is 65.3 Å². The number of hydrogen-bond acceptors (Lipinski definition) is 6. The van der Waals surface area contributed by atoms with E-state index < -0.39 is 24.0 Å². The van der Waals surface area contributed by atoms with E-state index in [4.69, 9.17) is 11.6 Å². The molecule has 172 valence electrons. The molecular weight excluding hydrogens is 450 g/mol. The number of carbonyl (C=O) groups excluding carboxylic acids is 2. The molecular formula is C23H28ClN3O4S. The minimum atomic E-state index is -1.83. The van der Waals surface area contributed by atoms with Crippen molar-refractivity contribution in [1.29, 1.82) is 0 Å². The third-order valence-electron chi connectivity index (χ3n) is 5.26. The van der Waals surface area contributed by atoms with Gasteiger partial charge in [-0.15, -0.1) is 11.3 Å². The van der Waals surface area contributed by atoms with Gasteiger partial charge in [0.25, 0.3) is 11.8 Å². The lowest BCUT2D eigenvalue weighted by Crippen LogP contribution is -2.55. The molecule has 2 heterocycles. The minimum absolute atomic E-state index is 0.220. The van der Waals surface area contributed by atoms with Gasteiger partial charge in [-0.05, 0) is 35.6 Å². The molecule has 2 amide bonds. The van der Waals surface area contributed by atoms with Crippen LogP contribution in [0.15, 0.2) is 41.8 Å². The Morgan fingerprint density at radius 3 is 2.59 bits per heavy atom. The Morgan fingerprint density at radius 2 is 1.91 bits per heavy atom. The molecule has 0 unspecified atom stereocenters. The minimum Gasteiger partial charge on any atom is -0.380 e. The number of rotatable bonds is 8. The zero-order valence-electron chi connectivity index (χ0n) is 17.9. The Bertz CT molecular complexity index is 956. The summed E-state index contributed by atoms with van der Waals surface area (Å²) in [6.45, 7) is 4.07. The van der Waals surface area contributed by atoms with E-state index in [9.17, 15) is 19.8 Å². The lowest BCUT2D eigenvalue weighted by atomic mass is 10.1. The van der Waals surface area contributed by atoms with Crippen molar-refractivity contribution >= 4 is 46.5 Å². The molecule has 0 radical (unpaired) electrons. The van der Waals surface area contributed by atoms with Crippen LogP contribution >= 0.6 is 22.9 Å². The number of allylic oxidation sites excluding steroid dienone is 1. The number of piperazine rings is 1. The van der Waals surface area contributed by atoms with Crippen LogP contribution in [0.4, 0.5) is 5.69 Å². The zero-order valence-corrected chi connectivity index (χ0v) is 19.5. The van der Waals surface area contributed by atoms with Gasteiger partial charge in [-0.1, -0.05) is 42.8 Å². The summed E-state index contributed by atoms with van der Waals surface area (Å²) >= 11 is 7.73. The normalized spacial score (nSPS) is 16.2. The smallest absolute Gasteiger partial charge is 0.254 e. The number of aliphatic hydroxyl groups excluding tert-OH is 2. The SMILES string of the molecule is CC/C=C/c1csc(CNC(=O)[C@H](O)[C@@H](O)C(=O)N2CCN(c3ccccc3Cl)CC2)c1. The first-order chi connectivity index (χ1) is 15.4. The van der Waals surface area contributed by atoms with E-state index in [1.54, 1.807) is 0 Å². The topological polar surface area (TPSA) is 93.1 Å². The zero-order chi connectivity index (χ0) is 23.1. The summed E-state index contributed by atoms with van der Waals surface area (Å²) in [6.07, 6.45) is 1.35. The molecule has 3 rings (SSSR count). The van der Waals surface area contributed by atoms with Gasteiger partial charge in [0.05, 0.1) is 17.3 Å². The molecule has 0 aliphatic carbocycles. The van der Waals surface area contributed by atoms with Crippen molar-refractivity contribution in [1.82, 2.24) is 10.2 Å². The fourth-order valence-corrected chi connectivity index (χ4v) is 4.50. The summed E-state index contributed by atoms with van der Waals surface area (Å²) in [4.78, 5) is 29.3. The standard InChI is InChI=1S/C23H28ClN3O4S/c1-2-3-6-16-13-17(32-15-16)14-25-22(30)20(28)21(29)23(31)27-11-9-26(10-12-27)19-8-5-4-7-18(19)24/h3-8,13,15,20-21,28-29H,2,9-12,14H2,1H3,(H,25,30)/b6-3+/t20-,21-/m1/s1. The number of halogens is 1. The summed E-state index contributed by atoms with van der Waals surface area (Å²) in [7, 11) is 0. The number of nitrogens with zero attached hydrogens (tertiary/aromatic N) is 2. The molecule has 1 aromatic carbocycles. The van der Waals surface area contributed by atoms with E-state index in [0.29, 0.717) is 31.2 Å². The Hall–Kier alpha value is -2.39. The second-order valence-corrected chi connectivity index (χ2v) is 8.93. The molecule has 0 saturated carbocycles. The van der Waals surface area contributed by atoms with E-state index in [2.05, 4.69) is 17.1 Å². The van der Waals surface area contributed by atoms with E-state index >= 15 is 0 Å².